The topological polar surface area (TPSA) is 22.1 Å². The van der Waals surface area contributed by atoms with Crippen LogP contribution in [0.4, 0.5) is 0 Å². The van der Waals surface area contributed by atoms with Crippen molar-refractivity contribution in [2.75, 3.05) is 0 Å². The molecule has 1 aromatic heterocycles. The van der Waals surface area contributed by atoms with Gasteiger partial charge in [0, 0.05) is 10.7 Å². The van der Waals surface area contributed by atoms with Gasteiger partial charge >= 0.3 is 0 Å². The molecule has 0 saturated carbocycles. The van der Waals surface area contributed by atoms with Gasteiger partial charge in [0.1, 0.15) is 0 Å². The highest BCUT2D eigenvalue weighted by atomic mass is 79.9. The van der Waals surface area contributed by atoms with Gasteiger partial charge in [0.25, 0.3) is 0 Å². The molecule has 0 radical (unpaired) electrons. The van der Waals surface area contributed by atoms with Crippen molar-refractivity contribution in [2.45, 2.75) is 33.5 Å². The second-order valence-corrected chi connectivity index (χ2v) is 4.64. The van der Waals surface area contributed by atoms with Gasteiger partial charge in [-0.25, -0.2) is 0 Å². The van der Waals surface area contributed by atoms with Gasteiger partial charge in [0.15, 0.2) is 0 Å². The van der Waals surface area contributed by atoms with Crippen LogP contribution in [0.15, 0.2) is 22.8 Å². The fourth-order valence-corrected chi connectivity index (χ4v) is 1.14. The molecule has 2 nitrogen and oxygen atoms in total. The third kappa shape index (κ3) is 3.76. The summed E-state index contributed by atoms with van der Waals surface area (Å²) in [4.78, 5) is 4.24. The summed E-state index contributed by atoms with van der Waals surface area (Å²) in [5.41, 5.74) is 0.973. The zero-order valence-electron chi connectivity index (χ0n) is 8.83. The summed E-state index contributed by atoms with van der Waals surface area (Å²) in [5, 5.41) is 0. The molecule has 0 fully saturated rings. The van der Waals surface area contributed by atoms with Crippen molar-refractivity contribution < 1.29 is 4.74 Å². The molecule has 0 spiro atoms. The minimum absolute atomic E-state index is 0.278. The van der Waals surface area contributed by atoms with E-state index in [0.717, 1.165) is 10.2 Å². The van der Waals surface area contributed by atoms with Gasteiger partial charge in [0.2, 0.25) is 0 Å². The van der Waals surface area contributed by atoms with E-state index < -0.39 is 0 Å². The molecular weight excluding hydrogens is 242 g/mol. The molecule has 0 aliphatic carbocycles. The number of halogens is 1. The smallest absolute Gasteiger partial charge is 0.0891 e. The van der Waals surface area contributed by atoms with Crippen LogP contribution in [0.2, 0.25) is 0 Å². The van der Waals surface area contributed by atoms with Gasteiger partial charge in [0.05, 0.1) is 18.4 Å². The lowest BCUT2D eigenvalue weighted by Crippen LogP contribution is -2.15. The van der Waals surface area contributed by atoms with E-state index in [2.05, 4.69) is 41.7 Å². The Kier molecular flexibility index (Phi) is 4.55. The minimum Gasteiger partial charge on any atom is -0.372 e. The van der Waals surface area contributed by atoms with Gasteiger partial charge in [-0.2, -0.15) is 0 Å². The summed E-state index contributed by atoms with van der Waals surface area (Å²) in [5.74, 6) is 0.547. The van der Waals surface area contributed by atoms with E-state index in [1.54, 1.807) is 6.20 Å². The van der Waals surface area contributed by atoms with Crippen molar-refractivity contribution in [1.29, 1.82) is 0 Å². The number of nitrogens with zero attached hydrogens (tertiary/aromatic N) is 1. The highest BCUT2D eigenvalue weighted by molar-refractivity contribution is 9.10. The molecule has 1 atom stereocenters. The van der Waals surface area contributed by atoms with Crippen LogP contribution < -0.4 is 0 Å². The maximum Gasteiger partial charge on any atom is 0.0891 e. The first-order chi connectivity index (χ1) is 6.59. The second-order valence-electron chi connectivity index (χ2n) is 3.73. The third-order valence-corrected chi connectivity index (χ3v) is 2.69. The standard InChI is InChI=1S/C11H16BrNO/c1-8(2)9(3)14-7-11-5-4-10(12)6-13-11/h4-6,8-9H,7H2,1-3H3. The Morgan fingerprint density at radius 3 is 2.57 bits per heavy atom. The number of aromatic nitrogens is 1. The fraction of sp³-hybridized carbons (Fsp3) is 0.545. The highest BCUT2D eigenvalue weighted by Gasteiger charge is 2.07. The van der Waals surface area contributed by atoms with Crippen molar-refractivity contribution in [1.82, 2.24) is 4.98 Å². The monoisotopic (exact) mass is 257 g/mol. The van der Waals surface area contributed by atoms with Crippen LogP contribution in [-0.4, -0.2) is 11.1 Å². The first-order valence-electron chi connectivity index (χ1n) is 4.81. The largest absolute Gasteiger partial charge is 0.372 e. The molecule has 1 unspecified atom stereocenters. The molecule has 0 N–H and O–H groups in total. The quantitative estimate of drug-likeness (QED) is 0.825. The van der Waals surface area contributed by atoms with E-state index in [4.69, 9.17) is 4.74 Å². The van der Waals surface area contributed by atoms with Crippen LogP contribution in [0.5, 0.6) is 0 Å². The number of hydrogen-bond acceptors (Lipinski definition) is 2. The first-order valence-corrected chi connectivity index (χ1v) is 5.61. The summed E-state index contributed by atoms with van der Waals surface area (Å²) >= 11 is 3.35. The Morgan fingerprint density at radius 1 is 1.36 bits per heavy atom. The molecule has 1 heterocycles. The predicted octanol–water partition coefficient (Wildman–Crippen LogP) is 3.41. The zero-order valence-corrected chi connectivity index (χ0v) is 10.4. The molecule has 0 aromatic carbocycles. The number of hydrogen-bond donors (Lipinski definition) is 0. The van der Waals surface area contributed by atoms with Crippen molar-refractivity contribution in [3.8, 4) is 0 Å². The van der Waals surface area contributed by atoms with Crippen LogP contribution in [0.25, 0.3) is 0 Å². The average molecular weight is 258 g/mol. The Balaban J connectivity index is 2.42. The predicted molar refractivity (Wildman–Crippen MR) is 61.0 cm³/mol. The Morgan fingerprint density at radius 2 is 2.07 bits per heavy atom. The molecule has 78 valence electrons. The maximum atomic E-state index is 5.65. The number of pyridine rings is 1. The van der Waals surface area contributed by atoms with E-state index in [1.807, 2.05) is 12.1 Å². The number of rotatable bonds is 4. The normalized spacial score (nSPS) is 13.2. The van der Waals surface area contributed by atoms with E-state index >= 15 is 0 Å². The summed E-state index contributed by atoms with van der Waals surface area (Å²) in [6.07, 6.45) is 2.07. The van der Waals surface area contributed by atoms with Gasteiger partial charge in [-0.05, 0) is 40.9 Å². The second kappa shape index (κ2) is 5.47. The Hall–Kier alpha value is -0.410. The first kappa shape index (κ1) is 11.7. The third-order valence-electron chi connectivity index (χ3n) is 2.22. The molecule has 0 bridgehead atoms. The molecule has 3 heteroatoms. The van der Waals surface area contributed by atoms with Gasteiger partial charge in [-0.1, -0.05) is 13.8 Å². The van der Waals surface area contributed by atoms with Crippen LogP contribution in [0, 0.1) is 5.92 Å². The molecule has 1 rings (SSSR count). The average Bonchev–Trinajstić information content (AvgIpc) is 2.16. The lowest BCUT2D eigenvalue weighted by molar-refractivity contribution is 0.0218. The summed E-state index contributed by atoms with van der Waals surface area (Å²) in [6.45, 7) is 6.98. The summed E-state index contributed by atoms with van der Waals surface area (Å²) < 4.78 is 6.65. The fourth-order valence-electron chi connectivity index (χ4n) is 0.901. The van der Waals surface area contributed by atoms with E-state index in [1.165, 1.54) is 0 Å². The lowest BCUT2D eigenvalue weighted by atomic mass is 10.1. The molecule has 0 aliphatic rings. The van der Waals surface area contributed by atoms with Gasteiger partial charge in [-0.3, -0.25) is 4.98 Å². The van der Waals surface area contributed by atoms with Crippen molar-refractivity contribution in [2.24, 2.45) is 5.92 Å². The van der Waals surface area contributed by atoms with Crippen LogP contribution in [0.1, 0.15) is 26.5 Å². The zero-order chi connectivity index (χ0) is 10.6. The Labute approximate surface area is 93.8 Å². The SMILES string of the molecule is CC(C)C(C)OCc1ccc(Br)cn1. The summed E-state index contributed by atoms with van der Waals surface area (Å²) in [7, 11) is 0. The van der Waals surface area contributed by atoms with Gasteiger partial charge in [-0.15, -0.1) is 0 Å². The van der Waals surface area contributed by atoms with Crippen molar-refractivity contribution in [3.05, 3.63) is 28.5 Å². The minimum atomic E-state index is 0.278. The number of ether oxygens (including phenoxy) is 1. The van der Waals surface area contributed by atoms with Crippen LogP contribution >= 0.6 is 15.9 Å². The van der Waals surface area contributed by atoms with E-state index in [-0.39, 0.29) is 6.10 Å². The molecule has 14 heavy (non-hydrogen) atoms. The molecule has 1 aromatic rings. The molecule has 0 amide bonds. The van der Waals surface area contributed by atoms with Crippen LogP contribution in [0.3, 0.4) is 0 Å². The maximum absolute atomic E-state index is 5.65. The summed E-state index contributed by atoms with van der Waals surface area (Å²) in [6, 6.07) is 3.95. The molecule has 0 saturated heterocycles. The lowest BCUT2D eigenvalue weighted by Gasteiger charge is -2.15. The van der Waals surface area contributed by atoms with Crippen molar-refractivity contribution >= 4 is 15.9 Å². The van der Waals surface area contributed by atoms with Crippen molar-refractivity contribution in [3.63, 3.8) is 0 Å². The highest BCUT2D eigenvalue weighted by Crippen LogP contribution is 2.11. The van der Waals surface area contributed by atoms with Gasteiger partial charge < -0.3 is 4.74 Å². The van der Waals surface area contributed by atoms with E-state index in [0.29, 0.717) is 12.5 Å². The van der Waals surface area contributed by atoms with E-state index in [9.17, 15) is 0 Å². The molecular formula is C11H16BrNO. The van der Waals surface area contributed by atoms with Crippen LogP contribution in [-0.2, 0) is 11.3 Å². The Bertz CT molecular complexity index is 271. The molecule has 0 aliphatic heterocycles.